The van der Waals surface area contributed by atoms with Gasteiger partial charge < -0.3 is 4.74 Å². The highest BCUT2D eigenvalue weighted by Gasteiger charge is 2.45. The molecule has 2 aromatic rings. The van der Waals surface area contributed by atoms with Crippen LogP contribution in [-0.2, 0) is 0 Å². The van der Waals surface area contributed by atoms with E-state index >= 15 is 17.6 Å². The maximum Gasteiger partial charge on any atom is 0.461 e. The average Bonchev–Trinajstić information content (AvgIpc) is 2.90. The van der Waals surface area contributed by atoms with Crippen LogP contribution in [0.5, 0.6) is 5.75 Å². The van der Waals surface area contributed by atoms with Crippen LogP contribution in [0.15, 0.2) is 30.3 Å². The van der Waals surface area contributed by atoms with Crippen molar-refractivity contribution in [3.8, 4) is 16.9 Å². The molecule has 0 atom stereocenters. The zero-order valence-corrected chi connectivity index (χ0v) is 22.9. The summed E-state index contributed by atoms with van der Waals surface area (Å²) in [7, 11) is 0. The van der Waals surface area contributed by atoms with Gasteiger partial charge in [0.1, 0.15) is 11.6 Å². The molecule has 0 radical (unpaired) electrons. The van der Waals surface area contributed by atoms with E-state index < -0.39 is 53.1 Å². The molecule has 1 nitrogen and oxygen atoms in total. The third kappa shape index (κ3) is 7.53. The molecule has 41 heavy (non-hydrogen) atoms. The summed E-state index contributed by atoms with van der Waals surface area (Å²) in [5.41, 5.74) is -0.576. The summed E-state index contributed by atoms with van der Waals surface area (Å²) in [5.74, 6) is -7.87. The number of alkyl halides is 6. The Balaban J connectivity index is 1.37. The summed E-state index contributed by atoms with van der Waals surface area (Å²) >= 11 is 0. The molecule has 228 valence electrons. The van der Waals surface area contributed by atoms with Crippen LogP contribution >= 0.6 is 0 Å². The van der Waals surface area contributed by atoms with Crippen molar-refractivity contribution in [1.29, 1.82) is 0 Å². The quantitative estimate of drug-likeness (QED) is 0.249. The summed E-state index contributed by atoms with van der Waals surface area (Å²) in [6.07, 6.45) is -2.29. The summed E-state index contributed by atoms with van der Waals surface area (Å²) < 4.78 is 129. The van der Waals surface area contributed by atoms with Gasteiger partial charge in [-0.15, -0.1) is 0 Å². The van der Waals surface area contributed by atoms with Crippen LogP contribution in [0.3, 0.4) is 0 Å². The van der Waals surface area contributed by atoms with E-state index in [0.29, 0.717) is 62.1 Å². The van der Waals surface area contributed by atoms with E-state index in [4.69, 9.17) is 0 Å². The molecule has 0 N–H and O–H groups in total. The number of benzene rings is 2. The summed E-state index contributed by atoms with van der Waals surface area (Å²) in [4.78, 5) is 0. The lowest BCUT2D eigenvalue weighted by Crippen LogP contribution is -2.34. The number of hydrogen-bond acceptors (Lipinski definition) is 1. The minimum Gasteiger partial charge on any atom is -0.425 e. The average molecular weight is 595 g/mol. The van der Waals surface area contributed by atoms with Gasteiger partial charge >= 0.3 is 12.5 Å². The van der Waals surface area contributed by atoms with E-state index in [0.717, 1.165) is 43.9 Å². The van der Waals surface area contributed by atoms with Crippen LogP contribution in [0.1, 0.15) is 89.0 Å². The predicted molar refractivity (Wildman–Crippen MR) is 138 cm³/mol. The molecule has 0 bridgehead atoms. The topological polar surface area (TPSA) is 9.23 Å². The molecular formula is C31H35F9O. The minimum atomic E-state index is -4.94. The van der Waals surface area contributed by atoms with E-state index in [1.807, 2.05) is 0 Å². The van der Waals surface area contributed by atoms with E-state index in [1.165, 1.54) is 0 Å². The molecule has 0 aromatic heterocycles. The van der Waals surface area contributed by atoms with E-state index in [-0.39, 0.29) is 23.8 Å². The van der Waals surface area contributed by atoms with Crippen LogP contribution in [-0.4, -0.2) is 18.5 Å². The molecule has 2 fully saturated rings. The Bertz CT molecular complexity index is 1140. The van der Waals surface area contributed by atoms with E-state index in [9.17, 15) is 22.0 Å². The molecule has 2 saturated carbocycles. The Morgan fingerprint density at radius 3 is 1.90 bits per heavy atom. The molecule has 0 aliphatic heterocycles. The van der Waals surface area contributed by atoms with Gasteiger partial charge in [0.2, 0.25) is 0 Å². The van der Waals surface area contributed by atoms with Crippen molar-refractivity contribution in [1.82, 2.24) is 0 Å². The van der Waals surface area contributed by atoms with Gasteiger partial charge in [-0.3, -0.25) is 0 Å². The molecule has 0 amide bonds. The Morgan fingerprint density at radius 2 is 1.37 bits per heavy atom. The minimum absolute atomic E-state index is 0.162. The Labute approximate surface area is 234 Å². The summed E-state index contributed by atoms with van der Waals surface area (Å²) in [5, 5.41) is 0. The van der Waals surface area contributed by atoms with Crippen molar-refractivity contribution in [3.63, 3.8) is 0 Å². The van der Waals surface area contributed by atoms with Crippen LogP contribution < -0.4 is 4.74 Å². The lowest BCUT2D eigenvalue weighted by atomic mass is 9.72. The monoisotopic (exact) mass is 594 g/mol. The largest absolute Gasteiger partial charge is 0.461 e. The van der Waals surface area contributed by atoms with Gasteiger partial charge in [-0.05, 0) is 105 Å². The maximum atomic E-state index is 15.1. The molecule has 0 spiro atoms. The zero-order chi connectivity index (χ0) is 29.9. The fourth-order valence-electron chi connectivity index (χ4n) is 6.57. The first-order chi connectivity index (χ1) is 19.3. The molecule has 0 saturated heterocycles. The van der Waals surface area contributed by atoms with Gasteiger partial charge in [0.15, 0.2) is 11.6 Å². The predicted octanol–water partition coefficient (Wildman–Crippen LogP) is 10.9. The van der Waals surface area contributed by atoms with Crippen molar-refractivity contribution < 1.29 is 44.3 Å². The molecule has 0 unspecified atom stereocenters. The first-order valence-corrected chi connectivity index (χ1v) is 14.3. The Kier molecular flexibility index (Phi) is 9.89. The van der Waals surface area contributed by atoms with E-state index in [2.05, 4.69) is 11.7 Å². The van der Waals surface area contributed by atoms with Crippen LogP contribution in [0, 0.1) is 35.2 Å². The second-order valence-corrected chi connectivity index (χ2v) is 11.7. The number of hydrogen-bond donors (Lipinski definition) is 0. The summed E-state index contributed by atoms with van der Waals surface area (Å²) in [6.45, 7) is 2.11. The number of rotatable bonds is 10. The molecule has 10 heteroatoms. The van der Waals surface area contributed by atoms with Gasteiger partial charge in [-0.25, -0.2) is 22.0 Å². The van der Waals surface area contributed by atoms with Crippen LogP contribution in [0.25, 0.3) is 11.1 Å². The third-order valence-corrected chi connectivity index (χ3v) is 8.81. The van der Waals surface area contributed by atoms with Crippen molar-refractivity contribution >= 4 is 0 Å². The van der Waals surface area contributed by atoms with Crippen LogP contribution in [0.4, 0.5) is 39.5 Å². The van der Waals surface area contributed by atoms with Gasteiger partial charge in [0.25, 0.3) is 5.92 Å². The molecule has 4 rings (SSSR count). The smallest absolute Gasteiger partial charge is 0.425 e. The SMILES string of the molecule is CCCC1CCC(C(F)(F)CC2CCC(c3cc(F)c(-c4ccc(OC(F)(F)C(F)F)c(F)c4)c(F)c3)CC2)CC1. The second-order valence-electron chi connectivity index (χ2n) is 11.7. The maximum absolute atomic E-state index is 15.1. The second kappa shape index (κ2) is 12.9. The van der Waals surface area contributed by atoms with Crippen molar-refractivity contribution in [2.24, 2.45) is 17.8 Å². The van der Waals surface area contributed by atoms with Crippen molar-refractivity contribution in [3.05, 3.63) is 53.3 Å². The molecule has 2 aliphatic rings. The lowest BCUT2D eigenvalue weighted by molar-refractivity contribution is -0.254. The fraction of sp³-hybridized carbons (Fsp3) is 0.613. The number of halogens is 9. The standard InChI is InChI=1S/C31H35F9O/c1-2-3-18-6-11-23(12-7-18)30(37,38)17-19-4-8-20(9-5-19)22-15-25(33)28(26(34)16-22)21-10-13-27(24(32)14-21)41-31(39,40)29(35)36/h10,13-16,18-20,23,29H,2-9,11-12,17H2,1H3. The molecule has 0 heterocycles. The van der Waals surface area contributed by atoms with Crippen molar-refractivity contribution in [2.75, 3.05) is 0 Å². The third-order valence-electron chi connectivity index (χ3n) is 8.81. The highest BCUT2D eigenvalue weighted by atomic mass is 19.3. The van der Waals surface area contributed by atoms with Gasteiger partial charge in [-0.1, -0.05) is 25.8 Å². The Hall–Kier alpha value is -2.39. The van der Waals surface area contributed by atoms with Crippen molar-refractivity contribution in [2.45, 2.75) is 102 Å². The van der Waals surface area contributed by atoms with Gasteiger partial charge in [0, 0.05) is 12.3 Å². The van der Waals surface area contributed by atoms with E-state index in [1.54, 1.807) is 0 Å². The van der Waals surface area contributed by atoms with Gasteiger partial charge in [0.05, 0.1) is 5.56 Å². The highest BCUT2D eigenvalue weighted by Crippen LogP contribution is 2.47. The fourth-order valence-corrected chi connectivity index (χ4v) is 6.57. The Morgan fingerprint density at radius 1 is 0.780 bits per heavy atom. The molecule has 2 aliphatic carbocycles. The lowest BCUT2D eigenvalue weighted by Gasteiger charge is -2.37. The first-order valence-electron chi connectivity index (χ1n) is 14.3. The van der Waals surface area contributed by atoms with Crippen LogP contribution in [0.2, 0.25) is 0 Å². The normalized spacial score (nSPS) is 24.1. The first kappa shape index (κ1) is 31.5. The zero-order valence-electron chi connectivity index (χ0n) is 22.9. The molecule has 2 aromatic carbocycles. The highest BCUT2D eigenvalue weighted by molar-refractivity contribution is 5.66. The number of ether oxygens (including phenoxy) is 1. The molecular weight excluding hydrogens is 559 g/mol. The summed E-state index contributed by atoms with van der Waals surface area (Å²) in [6, 6.07) is 4.24. The van der Waals surface area contributed by atoms with Gasteiger partial charge in [-0.2, -0.15) is 17.6 Å².